The number of hydrogen-bond acceptors (Lipinski definition) is 5. The van der Waals surface area contributed by atoms with Crippen LogP contribution in [0.25, 0.3) is 0 Å². The van der Waals surface area contributed by atoms with Crippen molar-refractivity contribution in [3.63, 3.8) is 0 Å². The first kappa shape index (κ1) is 24.5. The van der Waals surface area contributed by atoms with Gasteiger partial charge in [-0.2, -0.15) is 4.31 Å². The Bertz CT molecular complexity index is 918. The largest absolute Gasteiger partial charge is 0.492 e. The molecule has 2 aliphatic rings. The van der Waals surface area contributed by atoms with Crippen LogP contribution in [-0.2, 0) is 19.6 Å². The Hall–Kier alpha value is -2.13. The van der Waals surface area contributed by atoms with Crippen LogP contribution in [0.3, 0.4) is 0 Å². The van der Waals surface area contributed by atoms with Crippen LogP contribution in [-0.4, -0.2) is 62.2 Å². The number of nitrogens with one attached hydrogen (secondary N) is 1. The molecule has 2 aliphatic heterocycles. The summed E-state index contributed by atoms with van der Waals surface area (Å²) in [5.41, 5.74) is 0.440. The SMILES string of the molecule is CCOc1ccc(NC(=O)C2CCN(C(=O)C(C)C)CC2)cc1S(=O)(=O)N1CCCCC1. The summed E-state index contributed by atoms with van der Waals surface area (Å²) < 4.78 is 33.6. The molecule has 0 spiro atoms. The minimum atomic E-state index is -3.71. The Morgan fingerprint density at radius 2 is 1.75 bits per heavy atom. The summed E-state index contributed by atoms with van der Waals surface area (Å²) >= 11 is 0. The number of ether oxygens (including phenoxy) is 1. The topological polar surface area (TPSA) is 96.0 Å². The van der Waals surface area contributed by atoms with Gasteiger partial charge in [0.1, 0.15) is 10.6 Å². The molecule has 2 heterocycles. The fourth-order valence-electron chi connectivity index (χ4n) is 4.28. The van der Waals surface area contributed by atoms with E-state index in [0.29, 0.717) is 57.1 Å². The van der Waals surface area contributed by atoms with Crippen molar-refractivity contribution in [2.75, 3.05) is 38.1 Å². The van der Waals surface area contributed by atoms with E-state index in [9.17, 15) is 18.0 Å². The highest BCUT2D eigenvalue weighted by Crippen LogP contribution is 2.32. The van der Waals surface area contributed by atoms with Crippen LogP contribution >= 0.6 is 0 Å². The van der Waals surface area contributed by atoms with Gasteiger partial charge in [0.2, 0.25) is 21.8 Å². The van der Waals surface area contributed by atoms with Gasteiger partial charge in [-0.15, -0.1) is 0 Å². The summed E-state index contributed by atoms with van der Waals surface area (Å²) in [4.78, 5) is 26.9. The molecule has 32 heavy (non-hydrogen) atoms. The molecule has 8 nitrogen and oxygen atoms in total. The molecule has 2 fully saturated rings. The van der Waals surface area contributed by atoms with Crippen LogP contribution in [0, 0.1) is 11.8 Å². The van der Waals surface area contributed by atoms with Crippen LogP contribution in [0.2, 0.25) is 0 Å². The third-order valence-electron chi connectivity index (χ3n) is 6.12. The first-order valence-corrected chi connectivity index (χ1v) is 13.0. The minimum absolute atomic E-state index is 0.0514. The number of carbonyl (C=O) groups excluding carboxylic acids is 2. The second-order valence-electron chi connectivity index (χ2n) is 8.80. The molecule has 1 N–H and O–H groups in total. The van der Waals surface area contributed by atoms with Crippen LogP contribution < -0.4 is 10.1 Å². The number of carbonyl (C=O) groups is 2. The van der Waals surface area contributed by atoms with Gasteiger partial charge in [-0.25, -0.2) is 8.42 Å². The van der Waals surface area contributed by atoms with Crippen molar-refractivity contribution in [2.24, 2.45) is 11.8 Å². The van der Waals surface area contributed by atoms with Crippen LogP contribution in [0.5, 0.6) is 5.75 Å². The summed E-state index contributed by atoms with van der Waals surface area (Å²) in [6.45, 7) is 8.03. The van der Waals surface area contributed by atoms with Crippen molar-refractivity contribution < 1.29 is 22.7 Å². The van der Waals surface area contributed by atoms with Gasteiger partial charge >= 0.3 is 0 Å². The molecule has 0 unspecified atom stereocenters. The summed E-state index contributed by atoms with van der Waals surface area (Å²) in [5.74, 6) is 0.0103. The van der Waals surface area contributed by atoms with Crippen LogP contribution in [0.1, 0.15) is 52.9 Å². The smallest absolute Gasteiger partial charge is 0.246 e. The normalized spacial score (nSPS) is 18.6. The van der Waals surface area contributed by atoms with Gasteiger partial charge in [-0.1, -0.05) is 20.3 Å². The average Bonchev–Trinajstić information content (AvgIpc) is 2.80. The Balaban J connectivity index is 1.73. The van der Waals surface area contributed by atoms with Crippen molar-refractivity contribution in [1.82, 2.24) is 9.21 Å². The van der Waals surface area contributed by atoms with Crippen molar-refractivity contribution in [1.29, 1.82) is 0 Å². The second-order valence-corrected chi connectivity index (χ2v) is 10.7. The summed E-state index contributed by atoms with van der Waals surface area (Å²) in [7, 11) is -3.71. The lowest BCUT2D eigenvalue weighted by Gasteiger charge is -2.32. The Kier molecular flexibility index (Phi) is 8.16. The van der Waals surface area contributed by atoms with Gasteiger partial charge in [0.15, 0.2) is 0 Å². The Morgan fingerprint density at radius 3 is 2.34 bits per heavy atom. The molecule has 0 bridgehead atoms. The van der Waals surface area contributed by atoms with Crippen molar-refractivity contribution in [3.8, 4) is 5.75 Å². The van der Waals surface area contributed by atoms with Crippen molar-refractivity contribution >= 4 is 27.5 Å². The van der Waals surface area contributed by atoms with Crippen LogP contribution in [0.15, 0.2) is 23.1 Å². The average molecular weight is 466 g/mol. The van der Waals surface area contributed by atoms with E-state index in [-0.39, 0.29) is 28.5 Å². The molecule has 0 saturated carbocycles. The van der Waals surface area contributed by atoms with Gasteiger partial charge in [0.25, 0.3) is 0 Å². The lowest BCUT2D eigenvalue weighted by atomic mass is 9.95. The minimum Gasteiger partial charge on any atom is -0.492 e. The second kappa shape index (κ2) is 10.7. The van der Waals surface area contributed by atoms with Gasteiger partial charge in [-0.3, -0.25) is 9.59 Å². The first-order chi connectivity index (χ1) is 15.2. The molecular weight excluding hydrogens is 430 g/mol. The number of rotatable bonds is 7. The number of likely N-dealkylation sites (tertiary alicyclic amines) is 1. The fourth-order valence-corrected chi connectivity index (χ4v) is 5.95. The zero-order valence-corrected chi connectivity index (χ0v) is 20.1. The zero-order valence-electron chi connectivity index (χ0n) is 19.3. The predicted octanol–water partition coefficient (Wildman–Crippen LogP) is 3.09. The fraction of sp³-hybridized carbons (Fsp3) is 0.652. The molecule has 3 rings (SSSR count). The quantitative estimate of drug-likeness (QED) is 0.668. The number of benzene rings is 1. The molecule has 0 atom stereocenters. The number of sulfonamides is 1. The summed E-state index contributed by atoms with van der Waals surface area (Å²) in [5, 5.41) is 2.88. The van der Waals surface area contributed by atoms with Crippen LogP contribution in [0.4, 0.5) is 5.69 Å². The van der Waals surface area contributed by atoms with E-state index < -0.39 is 10.0 Å². The van der Waals surface area contributed by atoms with E-state index in [1.165, 1.54) is 10.4 Å². The molecule has 2 saturated heterocycles. The molecule has 2 amide bonds. The van der Waals surface area contributed by atoms with Crippen molar-refractivity contribution in [2.45, 2.75) is 57.8 Å². The molecule has 0 radical (unpaired) electrons. The molecule has 0 aromatic heterocycles. The lowest BCUT2D eigenvalue weighted by molar-refractivity contribution is -0.137. The standard InChI is InChI=1S/C23H35N3O5S/c1-4-31-20-9-8-19(16-21(20)32(29,30)26-12-6-5-7-13-26)24-22(27)18-10-14-25(15-11-18)23(28)17(2)3/h8-9,16-18H,4-7,10-15H2,1-3H3,(H,24,27). The van der Waals surface area contributed by atoms with Gasteiger partial charge in [-0.05, 0) is 50.8 Å². The third-order valence-corrected chi connectivity index (χ3v) is 8.04. The molecule has 0 aliphatic carbocycles. The highest BCUT2D eigenvalue weighted by atomic mass is 32.2. The maximum absolute atomic E-state index is 13.3. The van der Waals surface area contributed by atoms with E-state index in [1.807, 2.05) is 25.7 Å². The number of nitrogens with zero attached hydrogens (tertiary/aromatic N) is 2. The maximum atomic E-state index is 13.3. The lowest BCUT2D eigenvalue weighted by Crippen LogP contribution is -2.43. The number of amides is 2. The first-order valence-electron chi connectivity index (χ1n) is 11.6. The molecule has 1 aromatic rings. The van der Waals surface area contributed by atoms with E-state index in [0.717, 1.165) is 19.3 Å². The maximum Gasteiger partial charge on any atom is 0.246 e. The molecular formula is C23H35N3O5S. The van der Waals surface area contributed by atoms with E-state index in [1.54, 1.807) is 12.1 Å². The number of anilines is 1. The Morgan fingerprint density at radius 1 is 1.09 bits per heavy atom. The molecule has 1 aromatic carbocycles. The Labute approximate surface area is 191 Å². The summed E-state index contributed by atoms with van der Waals surface area (Å²) in [6, 6.07) is 4.79. The van der Waals surface area contributed by atoms with E-state index >= 15 is 0 Å². The predicted molar refractivity (Wildman–Crippen MR) is 123 cm³/mol. The number of hydrogen-bond donors (Lipinski definition) is 1. The highest BCUT2D eigenvalue weighted by molar-refractivity contribution is 7.89. The van der Waals surface area contributed by atoms with Gasteiger partial charge in [0, 0.05) is 43.7 Å². The van der Waals surface area contributed by atoms with E-state index in [2.05, 4.69) is 5.32 Å². The monoisotopic (exact) mass is 465 g/mol. The van der Waals surface area contributed by atoms with Gasteiger partial charge in [0.05, 0.1) is 6.61 Å². The van der Waals surface area contributed by atoms with Crippen molar-refractivity contribution in [3.05, 3.63) is 18.2 Å². The van der Waals surface area contributed by atoms with E-state index in [4.69, 9.17) is 4.74 Å². The van der Waals surface area contributed by atoms with Gasteiger partial charge < -0.3 is 15.0 Å². The highest BCUT2D eigenvalue weighted by Gasteiger charge is 2.31. The number of piperidine rings is 2. The summed E-state index contributed by atoms with van der Waals surface area (Å²) in [6.07, 6.45) is 3.91. The molecule has 9 heteroatoms. The third kappa shape index (κ3) is 5.61. The molecule has 178 valence electrons. The zero-order chi connectivity index (χ0) is 23.3.